The summed E-state index contributed by atoms with van der Waals surface area (Å²) in [5.74, 6) is 0. The van der Waals surface area contributed by atoms with Gasteiger partial charge in [-0.1, -0.05) is 98.6 Å². The summed E-state index contributed by atoms with van der Waals surface area (Å²) in [5.41, 5.74) is 14.4. The van der Waals surface area contributed by atoms with Crippen LogP contribution in [0, 0.1) is 5.41 Å². The minimum absolute atomic E-state index is 0.686. The predicted molar refractivity (Wildman–Crippen MR) is 171 cm³/mol. The highest BCUT2D eigenvalue weighted by Crippen LogP contribution is 2.38. The molecule has 3 heteroatoms. The van der Waals surface area contributed by atoms with E-state index in [1.54, 1.807) is 24.4 Å². The van der Waals surface area contributed by atoms with E-state index < -0.39 is 0 Å². The zero-order valence-electron chi connectivity index (χ0n) is 21.9. The topological polar surface area (TPSA) is 54.8 Å². The summed E-state index contributed by atoms with van der Waals surface area (Å²) in [7, 11) is 0. The van der Waals surface area contributed by atoms with Gasteiger partial charge < -0.3 is 15.7 Å². The molecule has 1 heterocycles. The Morgan fingerprint density at radius 2 is 1.46 bits per heavy atom. The Kier molecular flexibility index (Phi) is 7.24. The molecular formula is C36H31N3. The smallest absolute Gasteiger partial charge is 0.0619 e. The second-order valence-electron chi connectivity index (χ2n) is 9.31. The van der Waals surface area contributed by atoms with Crippen LogP contribution in [0.1, 0.15) is 17.5 Å². The van der Waals surface area contributed by atoms with Crippen LogP contribution in [0.25, 0.3) is 49.4 Å². The van der Waals surface area contributed by atoms with Crippen LogP contribution >= 0.6 is 0 Å². The first-order valence-corrected chi connectivity index (χ1v) is 12.9. The van der Waals surface area contributed by atoms with E-state index in [1.807, 2.05) is 12.1 Å². The molecule has 0 saturated heterocycles. The lowest BCUT2D eigenvalue weighted by atomic mass is 9.97. The minimum atomic E-state index is 0.686. The summed E-state index contributed by atoms with van der Waals surface area (Å²) in [6, 6.07) is 28.0. The highest BCUT2D eigenvalue weighted by molar-refractivity contribution is 6.19. The summed E-state index contributed by atoms with van der Waals surface area (Å²) in [4.78, 5) is 0. The van der Waals surface area contributed by atoms with Crippen LogP contribution in [0.5, 0.6) is 0 Å². The zero-order valence-corrected chi connectivity index (χ0v) is 21.9. The lowest BCUT2D eigenvalue weighted by Gasteiger charge is -2.12. The van der Waals surface area contributed by atoms with Gasteiger partial charge in [-0.05, 0) is 70.0 Å². The van der Waals surface area contributed by atoms with Crippen molar-refractivity contribution in [2.75, 3.05) is 0 Å². The van der Waals surface area contributed by atoms with Gasteiger partial charge in [-0.3, -0.25) is 0 Å². The highest BCUT2D eigenvalue weighted by atomic mass is 15.0. The third-order valence-corrected chi connectivity index (χ3v) is 7.16. The molecule has 5 rings (SSSR count). The van der Waals surface area contributed by atoms with Gasteiger partial charge in [0.1, 0.15) is 0 Å². The molecule has 0 amide bonds. The Bertz CT molecular complexity index is 1840. The van der Waals surface area contributed by atoms with Crippen LogP contribution in [0.3, 0.4) is 0 Å². The van der Waals surface area contributed by atoms with Crippen molar-refractivity contribution < 1.29 is 0 Å². The number of nitrogens with one attached hydrogen (secondary N) is 1. The second-order valence-corrected chi connectivity index (χ2v) is 9.31. The van der Waals surface area contributed by atoms with E-state index in [9.17, 15) is 0 Å². The fourth-order valence-corrected chi connectivity index (χ4v) is 5.20. The number of para-hydroxylation sites is 1. The fraction of sp³-hybridized carbons (Fsp3) is 0.0278. The molecule has 39 heavy (non-hydrogen) atoms. The van der Waals surface area contributed by atoms with Crippen molar-refractivity contribution in [2.24, 2.45) is 5.73 Å². The molecule has 0 radical (unpaired) electrons. The van der Waals surface area contributed by atoms with Crippen molar-refractivity contribution in [3.8, 4) is 5.69 Å². The highest BCUT2D eigenvalue weighted by Gasteiger charge is 2.16. The van der Waals surface area contributed by atoms with Crippen molar-refractivity contribution in [1.29, 1.82) is 5.41 Å². The largest absolute Gasteiger partial charge is 0.404 e. The van der Waals surface area contributed by atoms with Gasteiger partial charge in [0.2, 0.25) is 0 Å². The van der Waals surface area contributed by atoms with Gasteiger partial charge in [-0.25, -0.2) is 0 Å². The van der Waals surface area contributed by atoms with Crippen molar-refractivity contribution in [2.45, 2.75) is 6.42 Å². The molecule has 190 valence electrons. The first-order valence-electron chi connectivity index (χ1n) is 12.9. The van der Waals surface area contributed by atoms with E-state index in [-0.39, 0.29) is 0 Å². The predicted octanol–water partition coefficient (Wildman–Crippen LogP) is 9.14. The Balaban J connectivity index is 1.76. The van der Waals surface area contributed by atoms with Crippen molar-refractivity contribution in [1.82, 2.24) is 4.57 Å². The molecule has 0 bridgehead atoms. The van der Waals surface area contributed by atoms with Gasteiger partial charge >= 0.3 is 0 Å². The number of aromatic nitrogens is 1. The van der Waals surface area contributed by atoms with Gasteiger partial charge in [0, 0.05) is 34.3 Å². The van der Waals surface area contributed by atoms with Crippen molar-refractivity contribution in [3.05, 3.63) is 152 Å². The van der Waals surface area contributed by atoms with Crippen LogP contribution in [-0.4, -0.2) is 10.8 Å². The average molecular weight is 506 g/mol. The first kappa shape index (κ1) is 25.5. The van der Waals surface area contributed by atoms with Gasteiger partial charge in [0.05, 0.1) is 11.0 Å². The lowest BCUT2D eigenvalue weighted by molar-refractivity contribution is 1.19. The molecule has 0 aliphatic heterocycles. The number of fused-ring (bicyclic) bond motifs is 5. The standard InChI is InChI=1S/C36H31N3/c1-4-25(20-21-37)12-13-26(5-2)28-14-17-32-30(22-28)16-19-34-33-18-15-29(27(6-3)24-38)23-35(33)39(36(32)34)31-10-8-7-9-11-31/h4-11,13-24,37H,1-3,12,38H2/b25-20+,26-13+,27-24+,37-21?. The lowest BCUT2D eigenvalue weighted by Crippen LogP contribution is -1.95. The van der Waals surface area contributed by atoms with Gasteiger partial charge in [-0.2, -0.15) is 0 Å². The molecule has 5 aromatic rings. The monoisotopic (exact) mass is 505 g/mol. The Morgan fingerprint density at radius 3 is 2.13 bits per heavy atom. The van der Waals surface area contributed by atoms with Crippen LogP contribution in [0.4, 0.5) is 0 Å². The maximum atomic E-state index is 7.35. The summed E-state index contributed by atoms with van der Waals surface area (Å²) >= 11 is 0. The van der Waals surface area contributed by atoms with E-state index in [4.69, 9.17) is 11.1 Å². The molecule has 3 N–H and O–H groups in total. The third kappa shape index (κ3) is 4.67. The quantitative estimate of drug-likeness (QED) is 0.152. The number of nitrogens with zero attached hydrogens (tertiary/aromatic N) is 1. The first-order chi connectivity index (χ1) is 19.1. The summed E-state index contributed by atoms with van der Waals surface area (Å²) in [6.07, 6.45) is 12.9. The normalized spacial score (nSPS) is 12.7. The molecule has 0 spiro atoms. The van der Waals surface area contributed by atoms with Gasteiger partial charge in [0.15, 0.2) is 0 Å². The van der Waals surface area contributed by atoms with Crippen LogP contribution < -0.4 is 5.73 Å². The Hall–Kier alpha value is -5.15. The number of allylic oxidation sites excluding steroid dienone is 8. The van der Waals surface area contributed by atoms with E-state index >= 15 is 0 Å². The Labute approximate surface area is 229 Å². The number of benzene rings is 4. The van der Waals surface area contributed by atoms with Crippen LogP contribution in [0.15, 0.2) is 141 Å². The molecule has 0 aliphatic carbocycles. The molecule has 0 saturated carbocycles. The number of rotatable bonds is 9. The fourth-order valence-electron chi connectivity index (χ4n) is 5.20. The van der Waals surface area contributed by atoms with Crippen molar-refractivity contribution in [3.63, 3.8) is 0 Å². The zero-order chi connectivity index (χ0) is 27.4. The summed E-state index contributed by atoms with van der Waals surface area (Å²) in [6.45, 7) is 11.8. The molecule has 4 aromatic carbocycles. The number of nitrogens with two attached hydrogens (primary N) is 1. The second kappa shape index (κ2) is 11.1. The molecule has 0 unspecified atom stereocenters. The van der Waals surface area contributed by atoms with E-state index in [0.717, 1.165) is 44.4 Å². The van der Waals surface area contributed by atoms with Gasteiger partial charge in [0.25, 0.3) is 0 Å². The number of hydrogen-bond acceptors (Lipinski definition) is 2. The Morgan fingerprint density at radius 1 is 0.769 bits per heavy atom. The van der Waals surface area contributed by atoms with E-state index in [0.29, 0.717) is 6.42 Å². The molecule has 0 aliphatic rings. The average Bonchev–Trinajstić information content (AvgIpc) is 3.32. The van der Waals surface area contributed by atoms with Crippen LogP contribution in [0.2, 0.25) is 0 Å². The minimum Gasteiger partial charge on any atom is -0.404 e. The number of hydrogen-bond donors (Lipinski definition) is 2. The van der Waals surface area contributed by atoms with E-state index in [2.05, 4.69) is 103 Å². The molecule has 0 fully saturated rings. The maximum absolute atomic E-state index is 7.35. The molecule has 3 nitrogen and oxygen atoms in total. The van der Waals surface area contributed by atoms with Gasteiger partial charge in [-0.15, -0.1) is 0 Å². The molecular weight excluding hydrogens is 474 g/mol. The summed E-state index contributed by atoms with van der Waals surface area (Å²) < 4.78 is 2.34. The third-order valence-electron chi connectivity index (χ3n) is 7.16. The maximum Gasteiger partial charge on any atom is 0.0619 e. The molecule has 0 atom stereocenters. The molecule has 1 aromatic heterocycles. The van der Waals surface area contributed by atoms with E-state index in [1.165, 1.54) is 27.9 Å². The van der Waals surface area contributed by atoms with Crippen LogP contribution in [-0.2, 0) is 0 Å². The van der Waals surface area contributed by atoms with Crippen molar-refractivity contribution >= 4 is 49.9 Å². The summed E-state index contributed by atoms with van der Waals surface area (Å²) in [5, 5.41) is 12.1. The SMILES string of the molecule is C=C/C(=C\C=N)C/C=C(\C=C)c1ccc2c(ccc3c4ccc(/C(C=C)=C/N)cc4n(-c4ccccc4)c23)c1.